The van der Waals surface area contributed by atoms with E-state index in [0.29, 0.717) is 5.75 Å². The number of methoxy groups -OCH3 is 1. The molecule has 0 atom stereocenters. The Morgan fingerprint density at radius 3 is 2.38 bits per heavy atom. The van der Waals surface area contributed by atoms with E-state index in [-0.39, 0.29) is 11.3 Å². The summed E-state index contributed by atoms with van der Waals surface area (Å²) < 4.78 is 10.7. The maximum atomic E-state index is 11.0. The van der Waals surface area contributed by atoms with Crippen LogP contribution >= 0.6 is 0 Å². The maximum Gasteiger partial charge on any atom is 0.339 e. The number of carboxylic acid groups (broad SMARTS) is 1. The zero-order valence-corrected chi connectivity index (χ0v) is 9.90. The monoisotopic (exact) mass is 224 g/mol. The molecule has 1 rings (SSSR count). The lowest BCUT2D eigenvalue weighted by atomic mass is 10.1. The number of para-hydroxylation sites is 1. The highest BCUT2D eigenvalue weighted by molar-refractivity contribution is 5.92. The zero-order chi connectivity index (χ0) is 12.3. The number of ether oxygens (including phenoxy) is 2. The van der Waals surface area contributed by atoms with Crippen LogP contribution in [0.3, 0.4) is 0 Å². The molecule has 0 aliphatic rings. The molecule has 88 valence electrons. The van der Waals surface area contributed by atoms with Gasteiger partial charge in [-0.3, -0.25) is 0 Å². The van der Waals surface area contributed by atoms with Gasteiger partial charge in [-0.25, -0.2) is 4.79 Å². The Morgan fingerprint density at radius 1 is 1.31 bits per heavy atom. The van der Waals surface area contributed by atoms with E-state index in [0.717, 1.165) is 0 Å². The number of hydrogen-bond donors (Lipinski definition) is 1. The first-order valence-electron chi connectivity index (χ1n) is 4.94. The molecule has 1 N–H and O–H groups in total. The lowest BCUT2D eigenvalue weighted by molar-refractivity contribution is 0.0678. The molecular weight excluding hydrogens is 208 g/mol. The van der Waals surface area contributed by atoms with Crippen LogP contribution < -0.4 is 9.47 Å². The van der Waals surface area contributed by atoms with Crippen molar-refractivity contribution in [2.75, 3.05) is 7.11 Å². The number of aromatic carboxylic acids is 1. The van der Waals surface area contributed by atoms with Crippen LogP contribution in [0.25, 0.3) is 0 Å². The predicted octanol–water partition coefficient (Wildman–Crippen LogP) is 2.57. The predicted molar refractivity (Wildman–Crippen MR) is 60.3 cm³/mol. The van der Waals surface area contributed by atoms with Gasteiger partial charge in [-0.1, -0.05) is 6.07 Å². The minimum atomic E-state index is -1.03. The molecule has 4 heteroatoms. The van der Waals surface area contributed by atoms with Gasteiger partial charge in [-0.05, 0) is 32.9 Å². The normalized spacial score (nSPS) is 11.0. The first-order valence-corrected chi connectivity index (χ1v) is 4.94. The molecule has 0 radical (unpaired) electrons. The Balaban J connectivity index is 3.25. The van der Waals surface area contributed by atoms with Crippen LogP contribution in [0.5, 0.6) is 11.5 Å². The second-order valence-electron chi connectivity index (χ2n) is 4.36. The molecule has 0 aliphatic heterocycles. The molecule has 0 aliphatic carbocycles. The summed E-state index contributed by atoms with van der Waals surface area (Å²) >= 11 is 0. The van der Waals surface area contributed by atoms with E-state index in [1.54, 1.807) is 12.1 Å². The Kier molecular flexibility index (Phi) is 3.42. The first kappa shape index (κ1) is 12.4. The molecule has 0 amide bonds. The first-order chi connectivity index (χ1) is 7.35. The van der Waals surface area contributed by atoms with Gasteiger partial charge in [0, 0.05) is 0 Å². The Hall–Kier alpha value is -1.71. The third kappa shape index (κ3) is 2.89. The summed E-state index contributed by atoms with van der Waals surface area (Å²) in [6.45, 7) is 5.56. The zero-order valence-electron chi connectivity index (χ0n) is 9.90. The highest BCUT2D eigenvalue weighted by Gasteiger charge is 2.21. The molecule has 1 aromatic carbocycles. The third-order valence-corrected chi connectivity index (χ3v) is 1.84. The fourth-order valence-electron chi connectivity index (χ4n) is 1.26. The van der Waals surface area contributed by atoms with Crippen molar-refractivity contribution in [2.45, 2.75) is 26.4 Å². The standard InChI is InChI=1S/C12H16O4/c1-12(2,3)16-10-8(11(13)14)6-5-7-9(10)15-4/h5-7H,1-4H3,(H,13,14). The molecule has 0 aromatic heterocycles. The second-order valence-corrected chi connectivity index (χ2v) is 4.36. The van der Waals surface area contributed by atoms with Crippen molar-refractivity contribution in [3.63, 3.8) is 0 Å². The number of carboxylic acids is 1. The molecule has 0 fully saturated rings. The summed E-state index contributed by atoms with van der Waals surface area (Å²) in [5.74, 6) is -0.335. The minimum Gasteiger partial charge on any atom is -0.493 e. The van der Waals surface area contributed by atoms with Crippen LogP contribution in [0, 0.1) is 0 Å². The van der Waals surface area contributed by atoms with Gasteiger partial charge in [0.1, 0.15) is 11.2 Å². The smallest absolute Gasteiger partial charge is 0.339 e. The lowest BCUT2D eigenvalue weighted by Crippen LogP contribution is -2.24. The summed E-state index contributed by atoms with van der Waals surface area (Å²) in [7, 11) is 1.48. The molecule has 1 aromatic rings. The van der Waals surface area contributed by atoms with E-state index in [1.165, 1.54) is 13.2 Å². The van der Waals surface area contributed by atoms with Crippen molar-refractivity contribution in [2.24, 2.45) is 0 Å². The van der Waals surface area contributed by atoms with E-state index in [1.807, 2.05) is 20.8 Å². The summed E-state index contributed by atoms with van der Waals surface area (Å²) in [6, 6.07) is 4.79. The number of hydrogen-bond acceptors (Lipinski definition) is 3. The highest BCUT2D eigenvalue weighted by atomic mass is 16.5. The van der Waals surface area contributed by atoms with Gasteiger partial charge in [0.05, 0.1) is 7.11 Å². The molecule has 0 unspecified atom stereocenters. The topological polar surface area (TPSA) is 55.8 Å². The van der Waals surface area contributed by atoms with Crippen LogP contribution in [-0.2, 0) is 0 Å². The van der Waals surface area contributed by atoms with Crippen molar-refractivity contribution in [3.8, 4) is 11.5 Å². The molecular formula is C12H16O4. The van der Waals surface area contributed by atoms with E-state index in [9.17, 15) is 4.79 Å². The van der Waals surface area contributed by atoms with Gasteiger partial charge in [0.15, 0.2) is 11.5 Å². The second kappa shape index (κ2) is 4.43. The molecule has 0 spiro atoms. The highest BCUT2D eigenvalue weighted by Crippen LogP contribution is 2.33. The van der Waals surface area contributed by atoms with Crippen molar-refractivity contribution in [1.82, 2.24) is 0 Å². The fraction of sp³-hybridized carbons (Fsp3) is 0.417. The molecule has 0 heterocycles. The maximum absolute atomic E-state index is 11.0. The van der Waals surface area contributed by atoms with Gasteiger partial charge < -0.3 is 14.6 Å². The van der Waals surface area contributed by atoms with Gasteiger partial charge in [-0.2, -0.15) is 0 Å². The number of carbonyl (C=O) groups is 1. The van der Waals surface area contributed by atoms with Crippen molar-refractivity contribution < 1.29 is 19.4 Å². The quantitative estimate of drug-likeness (QED) is 0.857. The average Bonchev–Trinajstić information content (AvgIpc) is 2.15. The molecule has 4 nitrogen and oxygen atoms in total. The van der Waals surface area contributed by atoms with E-state index >= 15 is 0 Å². The van der Waals surface area contributed by atoms with Crippen LogP contribution in [0.4, 0.5) is 0 Å². The van der Waals surface area contributed by atoms with Gasteiger partial charge in [0.2, 0.25) is 0 Å². The van der Waals surface area contributed by atoms with Crippen molar-refractivity contribution in [3.05, 3.63) is 23.8 Å². The summed E-state index contributed by atoms with van der Waals surface area (Å²) in [5.41, 5.74) is -0.368. The van der Waals surface area contributed by atoms with Crippen LogP contribution in [0.1, 0.15) is 31.1 Å². The summed E-state index contributed by atoms with van der Waals surface area (Å²) in [6.07, 6.45) is 0. The Labute approximate surface area is 94.8 Å². The van der Waals surface area contributed by atoms with Crippen molar-refractivity contribution >= 4 is 5.97 Å². The SMILES string of the molecule is COc1cccc(C(=O)O)c1OC(C)(C)C. The van der Waals surface area contributed by atoms with E-state index in [4.69, 9.17) is 14.6 Å². The lowest BCUT2D eigenvalue weighted by Gasteiger charge is -2.23. The van der Waals surface area contributed by atoms with E-state index in [2.05, 4.69) is 0 Å². The summed E-state index contributed by atoms with van der Waals surface area (Å²) in [4.78, 5) is 11.0. The van der Waals surface area contributed by atoms with E-state index < -0.39 is 11.6 Å². The minimum absolute atomic E-state index is 0.106. The molecule has 0 saturated heterocycles. The molecule has 0 bridgehead atoms. The molecule has 0 saturated carbocycles. The number of benzene rings is 1. The Morgan fingerprint density at radius 2 is 1.94 bits per heavy atom. The summed E-state index contributed by atoms with van der Waals surface area (Å²) in [5, 5.41) is 9.05. The fourth-order valence-corrected chi connectivity index (χ4v) is 1.26. The third-order valence-electron chi connectivity index (χ3n) is 1.84. The van der Waals surface area contributed by atoms with Gasteiger partial charge in [-0.15, -0.1) is 0 Å². The van der Waals surface area contributed by atoms with Crippen LogP contribution in [-0.4, -0.2) is 23.8 Å². The average molecular weight is 224 g/mol. The van der Waals surface area contributed by atoms with Gasteiger partial charge in [0.25, 0.3) is 0 Å². The number of rotatable bonds is 3. The largest absolute Gasteiger partial charge is 0.493 e. The molecule has 16 heavy (non-hydrogen) atoms. The van der Waals surface area contributed by atoms with Crippen LogP contribution in [0.2, 0.25) is 0 Å². The van der Waals surface area contributed by atoms with Gasteiger partial charge >= 0.3 is 5.97 Å². The van der Waals surface area contributed by atoms with Crippen LogP contribution in [0.15, 0.2) is 18.2 Å². The Bertz CT molecular complexity index is 390. The van der Waals surface area contributed by atoms with Crippen molar-refractivity contribution in [1.29, 1.82) is 0 Å².